The predicted octanol–water partition coefficient (Wildman–Crippen LogP) is 2.01. The van der Waals surface area contributed by atoms with Gasteiger partial charge in [-0.05, 0) is 44.7 Å². The summed E-state index contributed by atoms with van der Waals surface area (Å²) in [7, 11) is 2.08. The lowest BCUT2D eigenvalue weighted by Gasteiger charge is -2.36. The van der Waals surface area contributed by atoms with Gasteiger partial charge in [0.25, 0.3) is 0 Å². The van der Waals surface area contributed by atoms with Crippen molar-refractivity contribution in [3.8, 4) is 0 Å². The summed E-state index contributed by atoms with van der Waals surface area (Å²) < 4.78 is 0. The molecule has 1 saturated heterocycles. The minimum absolute atomic E-state index is 0.272. The highest BCUT2D eigenvalue weighted by Crippen LogP contribution is 2.35. The fourth-order valence-electron chi connectivity index (χ4n) is 2.29. The summed E-state index contributed by atoms with van der Waals surface area (Å²) in [5.74, 6) is 0.815. The lowest BCUT2D eigenvalue weighted by atomic mass is 9.73. The van der Waals surface area contributed by atoms with Crippen LogP contribution in [0.4, 0.5) is 0 Å². The van der Waals surface area contributed by atoms with Crippen molar-refractivity contribution in [2.75, 3.05) is 20.1 Å². The van der Waals surface area contributed by atoms with Crippen LogP contribution < -0.4 is 10.6 Å². The molecular formula is C12H26N2. The maximum Gasteiger partial charge on any atom is 0.0277 e. The van der Waals surface area contributed by atoms with Gasteiger partial charge in [0.2, 0.25) is 0 Å². The standard InChI is InChI=1S/C12H26N2/c1-11(2,3)10-6-7-14-9-12(4,8-10)13-5/h10,13-14H,6-9H2,1-5H3. The third-order valence-electron chi connectivity index (χ3n) is 3.71. The molecule has 2 nitrogen and oxygen atoms in total. The SMILES string of the molecule is CNC1(C)CNCCC(C(C)(C)C)C1. The molecule has 2 atom stereocenters. The van der Waals surface area contributed by atoms with Crippen molar-refractivity contribution in [3.63, 3.8) is 0 Å². The highest BCUT2D eigenvalue weighted by atomic mass is 15.0. The van der Waals surface area contributed by atoms with Gasteiger partial charge < -0.3 is 10.6 Å². The number of likely N-dealkylation sites (N-methyl/N-ethyl adjacent to an activating group) is 1. The minimum atomic E-state index is 0.272. The fourth-order valence-corrected chi connectivity index (χ4v) is 2.29. The monoisotopic (exact) mass is 198 g/mol. The van der Waals surface area contributed by atoms with Crippen LogP contribution in [-0.4, -0.2) is 25.7 Å². The van der Waals surface area contributed by atoms with Crippen LogP contribution in [0.5, 0.6) is 0 Å². The van der Waals surface area contributed by atoms with Crippen LogP contribution in [0.2, 0.25) is 0 Å². The van der Waals surface area contributed by atoms with Crippen molar-refractivity contribution in [1.29, 1.82) is 0 Å². The smallest absolute Gasteiger partial charge is 0.0277 e. The molecule has 1 aliphatic heterocycles. The van der Waals surface area contributed by atoms with E-state index in [0.717, 1.165) is 12.5 Å². The van der Waals surface area contributed by atoms with E-state index < -0.39 is 0 Å². The molecule has 1 heterocycles. The Morgan fingerprint density at radius 1 is 1.36 bits per heavy atom. The van der Waals surface area contributed by atoms with E-state index in [-0.39, 0.29) is 5.54 Å². The second kappa shape index (κ2) is 4.19. The van der Waals surface area contributed by atoms with Gasteiger partial charge in [-0.1, -0.05) is 20.8 Å². The molecule has 0 radical (unpaired) electrons. The van der Waals surface area contributed by atoms with E-state index in [9.17, 15) is 0 Å². The molecule has 0 aromatic heterocycles. The Morgan fingerprint density at radius 3 is 2.50 bits per heavy atom. The van der Waals surface area contributed by atoms with Gasteiger partial charge in [-0.3, -0.25) is 0 Å². The molecule has 2 heteroatoms. The van der Waals surface area contributed by atoms with Gasteiger partial charge in [-0.15, -0.1) is 0 Å². The summed E-state index contributed by atoms with van der Waals surface area (Å²) >= 11 is 0. The Labute approximate surface area is 88.8 Å². The molecule has 1 aliphatic rings. The molecule has 84 valence electrons. The second-order valence-corrected chi connectivity index (χ2v) is 6.04. The average molecular weight is 198 g/mol. The first-order chi connectivity index (χ1) is 6.37. The number of hydrogen-bond donors (Lipinski definition) is 2. The molecule has 0 aromatic rings. The first-order valence-electron chi connectivity index (χ1n) is 5.77. The summed E-state index contributed by atoms with van der Waals surface area (Å²) in [6, 6.07) is 0. The van der Waals surface area contributed by atoms with E-state index in [1.165, 1.54) is 19.4 Å². The van der Waals surface area contributed by atoms with Crippen LogP contribution >= 0.6 is 0 Å². The zero-order valence-electron chi connectivity index (χ0n) is 10.4. The van der Waals surface area contributed by atoms with Crippen LogP contribution in [0, 0.1) is 11.3 Å². The molecular weight excluding hydrogens is 172 g/mol. The first kappa shape index (κ1) is 12.0. The zero-order chi connectivity index (χ0) is 10.8. The molecule has 0 spiro atoms. The molecule has 14 heavy (non-hydrogen) atoms. The third kappa shape index (κ3) is 2.96. The minimum Gasteiger partial charge on any atom is -0.315 e. The maximum atomic E-state index is 3.53. The lowest BCUT2D eigenvalue weighted by molar-refractivity contribution is 0.179. The average Bonchev–Trinajstić information content (AvgIpc) is 2.27. The van der Waals surface area contributed by atoms with Crippen molar-refractivity contribution in [1.82, 2.24) is 10.6 Å². The Hall–Kier alpha value is -0.0800. The third-order valence-corrected chi connectivity index (χ3v) is 3.71. The molecule has 2 unspecified atom stereocenters. The normalized spacial score (nSPS) is 35.4. The molecule has 0 aromatic carbocycles. The highest BCUT2D eigenvalue weighted by Gasteiger charge is 2.34. The summed E-state index contributed by atoms with van der Waals surface area (Å²) in [5, 5.41) is 6.99. The lowest BCUT2D eigenvalue weighted by Crippen LogP contribution is -2.48. The highest BCUT2D eigenvalue weighted by molar-refractivity contribution is 4.92. The summed E-state index contributed by atoms with van der Waals surface area (Å²) in [6.07, 6.45) is 2.58. The van der Waals surface area contributed by atoms with E-state index >= 15 is 0 Å². The zero-order valence-corrected chi connectivity index (χ0v) is 10.4. The number of hydrogen-bond acceptors (Lipinski definition) is 2. The van der Waals surface area contributed by atoms with Gasteiger partial charge >= 0.3 is 0 Å². The molecule has 0 saturated carbocycles. The van der Waals surface area contributed by atoms with Crippen LogP contribution in [0.15, 0.2) is 0 Å². The van der Waals surface area contributed by atoms with E-state index in [1.54, 1.807) is 0 Å². The molecule has 0 amide bonds. The maximum absolute atomic E-state index is 3.53. The van der Waals surface area contributed by atoms with Gasteiger partial charge in [0.15, 0.2) is 0 Å². The first-order valence-corrected chi connectivity index (χ1v) is 5.77. The van der Waals surface area contributed by atoms with Crippen molar-refractivity contribution in [2.24, 2.45) is 11.3 Å². The summed E-state index contributed by atoms with van der Waals surface area (Å²) in [6.45, 7) is 11.7. The predicted molar refractivity (Wildman–Crippen MR) is 62.5 cm³/mol. The van der Waals surface area contributed by atoms with Gasteiger partial charge in [0, 0.05) is 12.1 Å². The van der Waals surface area contributed by atoms with Gasteiger partial charge in [-0.25, -0.2) is 0 Å². The van der Waals surface area contributed by atoms with Crippen LogP contribution in [0.3, 0.4) is 0 Å². The van der Waals surface area contributed by atoms with Gasteiger partial charge in [0.05, 0.1) is 0 Å². The van der Waals surface area contributed by atoms with Gasteiger partial charge in [0.1, 0.15) is 0 Å². The Kier molecular flexibility index (Phi) is 3.59. The van der Waals surface area contributed by atoms with E-state index in [2.05, 4.69) is 45.4 Å². The Balaban J connectivity index is 2.70. The molecule has 1 rings (SSSR count). The van der Waals surface area contributed by atoms with Gasteiger partial charge in [-0.2, -0.15) is 0 Å². The van der Waals surface area contributed by atoms with Crippen molar-refractivity contribution in [3.05, 3.63) is 0 Å². The Morgan fingerprint density at radius 2 is 2.00 bits per heavy atom. The van der Waals surface area contributed by atoms with Crippen LogP contribution in [-0.2, 0) is 0 Å². The van der Waals surface area contributed by atoms with Crippen LogP contribution in [0.1, 0.15) is 40.5 Å². The van der Waals surface area contributed by atoms with Crippen molar-refractivity contribution in [2.45, 2.75) is 46.1 Å². The van der Waals surface area contributed by atoms with Crippen LogP contribution in [0.25, 0.3) is 0 Å². The molecule has 1 fully saturated rings. The summed E-state index contributed by atoms with van der Waals surface area (Å²) in [5.41, 5.74) is 0.707. The number of nitrogens with one attached hydrogen (secondary N) is 2. The largest absolute Gasteiger partial charge is 0.315 e. The van der Waals surface area contributed by atoms with E-state index in [1.807, 2.05) is 0 Å². The Bertz CT molecular complexity index is 183. The van der Waals surface area contributed by atoms with E-state index in [4.69, 9.17) is 0 Å². The topological polar surface area (TPSA) is 24.1 Å². The van der Waals surface area contributed by atoms with E-state index in [0.29, 0.717) is 5.41 Å². The summed E-state index contributed by atoms with van der Waals surface area (Å²) in [4.78, 5) is 0. The molecule has 0 bridgehead atoms. The van der Waals surface area contributed by atoms with Crippen molar-refractivity contribution >= 4 is 0 Å². The second-order valence-electron chi connectivity index (χ2n) is 6.04. The van der Waals surface area contributed by atoms with Crippen molar-refractivity contribution < 1.29 is 0 Å². The quantitative estimate of drug-likeness (QED) is 0.673. The number of rotatable bonds is 1. The molecule has 2 N–H and O–H groups in total. The fraction of sp³-hybridized carbons (Fsp3) is 1.00. The molecule has 0 aliphatic carbocycles.